The Morgan fingerprint density at radius 3 is 1.82 bits per heavy atom. The number of ketones is 2. The summed E-state index contributed by atoms with van der Waals surface area (Å²) >= 11 is 0. The van der Waals surface area contributed by atoms with Gasteiger partial charge in [0, 0.05) is 17.0 Å². The van der Waals surface area contributed by atoms with Gasteiger partial charge in [-0.25, -0.2) is 0 Å². The van der Waals surface area contributed by atoms with E-state index in [0.29, 0.717) is 11.1 Å². The molecule has 0 heterocycles. The van der Waals surface area contributed by atoms with Crippen LogP contribution in [0, 0.1) is 12.8 Å². The van der Waals surface area contributed by atoms with Crippen LogP contribution < -0.4 is 0 Å². The Hall–Kier alpha value is -4.04. The van der Waals surface area contributed by atoms with Crippen molar-refractivity contribution in [1.29, 1.82) is 0 Å². The maximum Gasteiger partial charge on any atom is 0.174 e. The van der Waals surface area contributed by atoms with Gasteiger partial charge in [-0.2, -0.15) is 0 Å². The van der Waals surface area contributed by atoms with E-state index >= 15 is 0 Å². The lowest BCUT2D eigenvalue weighted by atomic mass is 9.76. The monoisotopic (exact) mass is 430 g/mol. The zero-order valence-electron chi connectivity index (χ0n) is 18.6. The molecule has 0 fully saturated rings. The van der Waals surface area contributed by atoms with E-state index in [-0.39, 0.29) is 11.6 Å². The van der Waals surface area contributed by atoms with Crippen LogP contribution in [0.5, 0.6) is 0 Å². The van der Waals surface area contributed by atoms with Crippen molar-refractivity contribution < 1.29 is 9.59 Å². The highest BCUT2D eigenvalue weighted by Crippen LogP contribution is 2.33. The Morgan fingerprint density at radius 1 is 0.636 bits per heavy atom. The average molecular weight is 431 g/mol. The Kier molecular flexibility index (Phi) is 7.06. The molecule has 4 aromatic rings. The van der Waals surface area contributed by atoms with Crippen LogP contribution in [-0.4, -0.2) is 11.6 Å². The van der Waals surface area contributed by atoms with Gasteiger partial charge in [0.15, 0.2) is 11.6 Å². The Morgan fingerprint density at radius 2 is 1.18 bits per heavy atom. The van der Waals surface area contributed by atoms with E-state index in [0.717, 1.165) is 16.7 Å². The summed E-state index contributed by atoms with van der Waals surface area (Å²) in [5.41, 5.74) is 3.94. The second-order valence-electron chi connectivity index (χ2n) is 8.09. The van der Waals surface area contributed by atoms with E-state index in [1.54, 1.807) is 12.1 Å². The van der Waals surface area contributed by atoms with Gasteiger partial charge in [-0.1, -0.05) is 127 Å². The van der Waals surface area contributed by atoms with Crippen molar-refractivity contribution in [3.8, 4) is 0 Å². The van der Waals surface area contributed by atoms with Gasteiger partial charge in [0.25, 0.3) is 0 Å². The third-order valence-corrected chi connectivity index (χ3v) is 5.87. The maximum atomic E-state index is 14.0. The van der Waals surface area contributed by atoms with Crippen molar-refractivity contribution in [2.45, 2.75) is 12.8 Å². The first kappa shape index (κ1) is 22.2. The van der Waals surface area contributed by atoms with Crippen molar-refractivity contribution in [2.75, 3.05) is 0 Å². The molecule has 0 aromatic heterocycles. The molecule has 2 atom stereocenters. The number of carbonyl (C=O) groups is 2. The van der Waals surface area contributed by atoms with Crippen LogP contribution in [0.25, 0.3) is 6.08 Å². The topological polar surface area (TPSA) is 34.1 Å². The van der Waals surface area contributed by atoms with Crippen molar-refractivity contribution in [2.24, 2.45) is 5.92 Å². The van der Waals surface area contributed by atoms with Gasteiger partial charge in [0.1, 0.15) is 0 Å². The van der Waals surface area contributed by atoms with Gasteiger partial charge < -0.3 is 0 Å². The number of allylic oxidation sites excluding steroid dienone is 1. The molecule has 0 spiro atoms. The number of rotatable bonds is 8. The molecule has 2 heteroatoms. The third kappa shape index (κ3) is 5.24. The number of benzene rings is 4. The zero-order valence-corrected chi connectivity index (χ0v) is 18.6. The van der Waals surface area contributed by atoms with Crippen LogP contribution in [0.2, 0.25) is 0 Å². The largest absolute Gasteiger partial charge is 0.293 e. The standard InChI is InChI=1S/C31H26O2/c1-23-13-11-12-20-27(23)31(33)29(30(32)26-18-9-4-10-19-26)28(25-16-7-3-8-17-25)22-21-24-14-5-2-6-15-24/h2-22,28-29H,1H3/b22-21+. The van der Waals surface area contributed by atoms with Gasteiger partial charge in [-0.15, -0.1) is 0 Å². The van der Waals surface area contributed by atoms with Crippen molar-refractivity contribution in [3.63, 3.8) is 0 Å². The first-order valence-corrected chi connectivity index (χ1v) is 11.1. The molecule has 0 amide bonds. The van der Waals surface area contributed by atoms with Gasteiger partial charge in [-0.3, -0.25) is 9.59 Å². The van der Waals surface area contributed by atoms with Gasteiger partial charge in [0.05, 0.1) is 5.92 Å². The predicted molar refractivity (Wildman–Crippen MR) is 134 cm³/mol. The molecule has 0 saturated heterocycles. The smallest absolute Gasteiger partial charge is 0.174 e. The molecule has 0 bridgehead atoms. The number of aryl methyl sites for hydroxylation is 1. The van der Waals surface area contributed by atoms with Crippen LogP contribution >= 0.6 is 0 Å². The van der Waals surface area contributed by atoms with E-state index in [9.17, 15) is 9.59 Å². The summed E-state index contributed by atoms with van der Waals surface area (Å²) < 4.78 is 0. The van der Waals surface area contributed by atoms with E-state index in [2.05, 4.69) is 0 Å². The number of carbonyl (C=O) groups excluding carboxylic acids is 2. The molecule has 0 aliphatic rings. The van der Waals surface area contributed by atoms with Gasteiger partial charge >= 0.3 is 0 Å². The van der Waals surface area contributed by atoms with E-state index in [4.69, 9.17) is 0 Å². The second-order valence-corrected chi connectivity index (χ2v) is 8.09. The lowest BCUT2D eigenvalue weighted by Gasteiger charge is -2.24. The third-order valence-electron chi connectivity index (χ3n) is 5.87. The Labute approximate surface area is 195 Å². The Bertz CT molecular complexity index is 1240. The normalized spacial score (nSPS) is 12.9. The zero-order chi connectivity index (χ0) is 23.0. The average Bonchev–Trinajstić information content (AvgIpc) is 2.88. The first-order valence-electron chi connectivity index (χ1n) is 11.1. The van der Waals surface area contributed by atoms with Crippen molar-refractivity contribution in [3.05, 3.63) is 149 Å². The van der Waals surface area contributed by atoms with E-state index < -0.39 is 11.8 Å². The summed E-state index contributed by atoms with van der Waals surface area (Å²) in [5, 5.41) is 0. The molecule has 4 aromatic carbocycles. The highest BCUT2D eigenvalue weighted by Gasteiger charge is 2.36. The summed E-state index contributed by atoms with van der Waals surface area (Å²) in [6, 6.07) is 36.3. The molecule has 0 N–H and O–H groups in total. The minimum Gasteiger partial charge on any atom is -0.293 e. The highest BCUT2D eigenvalue weighted by atomic mass is 16.2. The quantitative estimate of drug-likeness (QED) is 0.219. The summed E-state index contributed by atoms with van der Waals surface area (Å²) in [7, 11) is 0. The summed E-state index contributed by atoms with van der Waals surface area (Å²) in [5.74, 6) is -1.62. The predicted octanol–water partition coefficient (Wildman–Crippen LogP) is 7.17. The fourth-order valence-electron chi connectivity index (χ4n) is 4.11. The van der Waals surface area contributed by atoms with Crippen LogP contribution in [0.1, 0.15) is 43.3 Å². The highest BCUT2D eigenvalue weighted by molar-refractivity contribution is 6.17. The molecule has 0 saturated carbocycles. The molecule has 0 aliphatic carbocycles. The molecule has 0 radical (unpaired) electrons. The SMILES string of the molecule is Cc1ccccc1C(=O)C(C(=O)c1ccccc1)C(/C=C/c1ccccc1)c1ccccc1. The maximum absolute atomic E-state index is 14.0. The van der Waals surface area contributed by atoms with Crippen molar-refractivity contribution >= 4 is 17.6 Å². The van der Waals surface area contributed by atoms with Crippen molar-refractivity contribution in [1.82, 2.24) is 0 Å². The Balaban J connectivity index is 1.85. The molecule has 2 nitrogen and oxygen atoms in total. The van der Waals surface area contributed by atoms with Gasteiger partial charge in [0.2, 0.25) is 0 Å². The number of hydrogen-bond acceptors (Lipinski definition) is 2. The lowest BCUT2D eigenvalue weighted by Crippen LogP contribution is -2.30. The fraction of sp³-hybridized carbons (Fsp3) is 0.0968. The van der Waals surface area contributed by atoms with E-state index in [1.165, 1.54) is 0 Å². The molecular formula is C31H26O2. The number of hydrogen-bond donors (Lipinski definition) is 0. The summed E-state index contributed by atoms with van der Waals surface area (Å²) in [6.45, 7) is 1.91. The van der Waals surface area contributed by atoms with Crippen LogP contribution in [0.4, 0.5) is 0 Å². The molecule has 2 unspecified atom stereocenters. The van der Waals surface area contributed by atoms with Crippen LogP contribution in [-0.2, 0) is 0 Å². The van der Waals surface area contributed by atoms with E-state index in [1.807, 2.05) is 122 Å². The molecule has 33 heavy (non-hydrogen) atoms. The first-order chi connectivity index (χ1) is 16.1. The second kappa shape index (κ2) is 10.5. The van der Waals surface area contributed by atoms with Crippen LogP contribution in [0.15, 0.2) is 121 Å². The minimum atomic E-state index is -0.879. The number of Topliss-reactive ketones (excluding diaryl/α,β-unsaturated/α-hetero) is 2. The molecule has 4 rings (SSSR count). The fourth-order valence-corrected chi connectivity index (χ4v) is 4.11. The van der Waals surface area contributed by atoms with Gasteiger partial charge in [-0.05, 0) is 23.6 Å². The minimum absolute atomic E-state index is 0.159. The molecule has 162 valence electrons. The summed E-state index contributed by atoms with van der Waals surface area (Å²) in [6.07, 6.45) is 3.99. The molecular weight excluding hydrogens is 404 g/mol. The van der Waals surface area contributed by atoms with Crippen LogP contribution in [0.3, 0.4) is 0 Å². The summed E-state index contributed by atoms with van der Waals surface area (Å²) in [4.78, 5) is 27.8. The molecule has 0 aliphatic heterocycles. The lowest BCUT2D eigenvalue weighted by molar-refractivity contribution is 0.0795.